The summed E-state index contributed by atoms with van der Waals surface area (Å²) >= 11 is 0. The number of aliphatic carboxylic acids is 1. The third-order valence-corrected chi connectivity index (χ3v) is 2.55. The Hall–Kier alpha value is -1.11. The number of morpholine rings is 1. The second kappa shape index (κ2) is 8.91. The van der Waals surface area contributed by atoms with Gasteiger partial charge in [0.1, 0.15) is 0 Å². The normalized spacial score (nSPS) is 16.8. The van der Waals surface area contributed by atoms with Gasteiger partial charge in [-0.05, 0) is 6.42 Å². The first-order chi connectivity index (χ1) is 8.13. The number of carbonyl (C=O) groups excluding carboxylic acids is 1. The van der Waals surface area contributed by atoms with Crippen LogP contribution in [0.15, 0.2) is 11.6 Å². The Morgan fingerprint density at radius 1 is 1.39 bits per heavy atom. The van der Waals surface area contributed by atoms with Crippen molar-refractivity contribution >= 4 is 24.3 Å². The Balaban J connectivity index is 0.00000289. The Kier molecular flexibility index (Phi) is 8.36. The molecule has 0 amide bonds. The van der Waals surface area contributed by atoms with Gasteiger partial charge in [-0.15, -0.1) is 12.4 Å². The van der Waals surface area contributed by atoms with E-state index in [1.54, 1.807) is 0 Å². The molecular formula is C11H18ClNO5. The molecular weight excluding hydrogens is 262 g/mol. The largest absolute Gasteiger partial charge is 0.478 e. The summed E-state index contributed by atoms with van der Waals surface area (Å²) in [6.07, 6.45) is 1.28. The number of nitrogens with zero attached hydrogens (tertiary/aromatic N) is 1. The lowest BCUT2D eigenvalue weighted by Gasteiger charge is -2.26. The summed E-state index contributed by atoms with van der Waals surface area (Å²) in [5, 5.41) is 8.65. The molecule has 104 valence electrons. The van der Waals surface area contributed by atoms with Crippen molar-refractivity contribution in [3.8, 4) is 0 Å². The fraction of sp³-hybridized carbons (Fsp3) is 0.636. The highest BCUT2D eigenvalue weighted by Gasteiger charge is 2.15. The minimum Gasteiger partial charge on any atom is -0.478 e. The van der Waals surface area contributed by atoms with Crippen LogP contribution < -0.4 is 0 Å². The Labute approximate surface area is 112 Å². The smallest absolute Gasteiger partial charge is 0.334 e. The molecule has 0 unspecified atom stereocenters. The lowest BCUT2D eigenvalue weighted by Crippen LogP contribution is -2.37. The zero-order valence-electron chi connectivity index (χ0n) is 10.3. The summed E-state index contributed by atoms with van der Waals surface area (Å²) in [6.45, 7) is 3.60. The van der Waals surface area contributed by atoms with Gasteiger partial charge in [-0.3, -0.25) is 4.90 Å². The van der Waals surface area contributed by atoms with Gasteiger partial charge in [-0.25, -0.2) is 9.59 Å². The van der Waals surface area contributed by atoms with Crippen LogP contribution in [0.5, 0.6) is 0 Å². The summed E-state index contributed by atoms with van der Waals surface area (Å²) in [4.78, 5) is 24.0. The van der Waals surface area contributed by atoms with E-state index in [1.807, 2.05) is 0 Å². The van der Waals surface area contributed by atoms with Crippen molar-refractivity contribution in [2.75, 3.05) is 40.0 Å². The molecule has 7 heteroatoms. The molecule has 0 atom stereocenters. The van der Waals surface area contributed by atoms with Crippen molar-refractivity contribution in [2.45, 2.75) is 6.42 Å². The molecule has 1 aliphatic heterocycles. The quantitative estimate of drug-likeness (QED) is 0.577. The number of ether oxygens (including phenoxy) is 2. The van der Waals surface area contributed by atoms with Gasteiger partial charge in [0, 0.05) is 31.3 Å². The third kappa shape index (κ3) is 6.00. The molecule has 6 nitrogen and oxygen atoms in total. The van der Waals surface area contributed by atoms with Crippen LogP contribution in [0, 0.1) is 0 Å². The second-order valence-corrected chi connectivity index (χ2v) is 3.70. The monoisotopic (exact) mass is 279 g/mol. The first kappa shape index (κ1) is 16.9. The maximum Gasteiger partial charge on any atom is 0.334 e. The van der Waals surface area contributed by atoms with Crippen LogP contribution in [0.4, 0.5) is 0 Å². The van der Waals surface area contributed by atoms with E-state index in [2.05, 4.69) is 9.64 Å². The van der Waals surface area contributed by atoms with Crippen molar-refractivity contribution in [3.05, 3.63) is 11.6 Å². The van der Waals surface area contributed by atoms with E-state index in [9.17, 15) is 9.59 Å². The number of carboxylic acid groups (broad SMARTS) is 1. The standard InChI is InChI=1S/C11H17NO5.ClH/c1-16-11(15)9(8-10(13)14)2-3-12-4-6-17-7-5-12;/h8H,2-7H2,1H3,(H,13,14);1H/b9-8+;. The predicted molar refractivity (Wildman–Crippen MR) is 66.9 cm³/mol. The highest BCUT2D eigenvalue weighted by molar-refractivity contribution is 5.95. The molecule has 1 fully saturated rings. The summed E-state index contributed by atoms with van der Waals surface area (Å²) in [5.41, 5.74) is 0.187. The zero-order chi connectivity index (χ0) is 12.7. The van der Waals surface area contributed by atoms with Crippen molar-refractivity contribution in [1.29, 1.82) is 0 Å². The predicted octanol–water partition coefficient (Wildman–Crippen LogP) is 0.315. The number of methoxy groups -OCH3 is 1. The number of carboxylic acids is 1. The second-order valence-electron chi connectivity index (χ2n) is 3.70. The Morgan fingerprint density at radius 3 is 2.50 bits per heavy atom. The first-order valence-electron chi connectivity index (χ1n) is 5.45. The lowest BCUT2D eigenvalue weighted by molar-refractivity contribution is -0.137. The van der Waals surface area contributed by atoms with Crippen molar-refractivity contribution in [1.82, 2.24) is 4.90 Å². The lowest BCUT2D eigenvalue weighted by atomic mass is 10.1. The molecule has 1 rings (SSSR count). The highest BCUT2D eigenvalue weighted by atomic mass is 35.5. The van der Waals surface area contributed by atoms with E-state index in [4.69, 9.17) is 9.84 Å². The van der Waals surface area contributed by atoms with Gasteiger partial charge in [-0.2, -0.15) is 0 Å². The van der Waals surface area contributed by atoms with E-state index < -0.39 is 11.9 Å². The number of esters is 1. The number of carbonyl (C=O) groups is 2. The van der Waals surface area contributed by atoms with Crippen molar-refractivity contribution < 1.29 is 24.2 Å². The van der Waals surface area contributed by atoms with Crippen LogP contribution in [0.2, 0.25) is 0 Å². The maximum atomic E-state index is 11.3. The van der Waals surface area contributed by atoms with Crippen LogP contribution in [0.25, 0.3) is 0 Å². The number of rotatable bonds is 5. The minimum absolute atomic E-state index is 0. The van der Waals surface area contributed by atoms with Gasteiger partial charge < -0.3 is 14.6 Å². The van der Waals surface area contributed by atoms with Crippen LogP contribution in [-0.4, -0.2) is 61.9 Å². The van der Waals surface area contributed by atoms with Crippen molar-refractivity contribution in [3.63, 3.8) is 0 Å². The average molecular weight is 280 g/mol. The molecule has 0 aromatic carbocycles. The van der Waals surface area contributed by atoms with E-state index >= 15 is 0 Å². The zero-order valence-corrected chi connectivity index (χ0v) is 11.1. The number of hydrogen-bond donors (Lipinski definition) is 1. The topological polar surface area (TPSA) is 76.1 Å². The van der Waals surface area contributed by atoms with Crippen LogP contribution in [0.1, 0.15) is 6.42 Å². The van der Waals surface area contributed by atoms with Gasteiger partial charge in [-0.1, -0.05) is 0 Å². The molecule has 0 saturated carbocycles. The molecule has 1 saturated heterocycles. The van der Waals surface area contributed by atoms with E-state index in [-0.39, 0.29) is 18.0 Å². The molecule has 1 heterocycles. The number of halogens is 1. The van der Waals surface area contributed by atoms with Gasteiger partial charge in [0.2, 0.25) is 0 Å². The van der Waals surface area contributed by atoms with Crippen molar-refractivity contribution in [2.24, 2.45) is 0 Å². The SMILES string of the molecule is COC(=O)/C(=C/C(=O)O)CCN1CCOCC1.Cl. The molecule has 0 radical (unpaired) electrons. The summed E-state index contributed by atoms with van der Waals surface area (Å²) in [7, 11) is 1.24. The average Bonchev–Trinajstić information content (AvgIpc) is 2.34. The fourth-order valence-corrected chi connectivity index (χ4v) is 1.62. The molecule has 0 aliphatic carbocycles. The van der Waals surface area contributed by atoms with E-state index in [0.29, 0.717) is 26.2 Å². The fourth-order valence-electron chi connectivity index (χ4n) is 1.62. The minimum atomic E-state index is -1.13. The van der Waals surface area contributed by atoms with Gasteiger partial charge in [0.15, 0.2) is 0 Å². The molecule has 0 bridgehead atoms. The maximum absolute atomic E-state index is 11.3. The highest BCUT2D eigenvalue weighted by Crippen LogP contribution is 2.07. The van der Waals surface area contributed by atoms with Gasteiger partial charge >= 0.3 is 11.9 Å². The molecule has 1 N–H and O–H groups in total. The Bertz CT molecular complexity index is 313. The van der Waals surface area contributed by atoms with Crippen LogP contribution in [0.3, 0.4) is 0 Å². The first-order valence-corrected chi connectivity index (χ1v) is 5.45. The van der Waals surface area contributed by atoms with E-state index in [0.717, 1.165) is 19.2 Å². The summed E-state index contributed by atoms with van der Waals surface area (Å²) in [5.74, 6) is -1.71. The Morgan fingerprint density at radius 2 is 2.00 bits per heavy atom. The molecule has 0 aromatic heterocycles. The summed E-state index contributed by atoms with van der Waals surface area (Å²) in [6, 6.07) is 0. The van der Waals surface area contributed by atoms with Gasteiger partial charge in [0.25, 0.3) is 0 Å². The molecule has 0 spiro atoms. The van der Waals surface area contributed by atoms with Crippen LogP contribution in [-0.2, 0) is 19.1 Å². The van der Waals surface area contributed by atoms with Crippen LogP contribution >= 0.6 is 12.4 Å². The van der Waals surface area contributed by atoms with E-state index in [1.165, 1.54) is 7.11 Å². The summed E-state index contributed by atoms with van der Waals surface area (Å²) < 4.78 is 9.74. The number of hydrogen-bond acceptors (Lipinski definition) is 5. The molecule has 0 aromatic rings. The molecule has 1 aliphatic rings. The van der Waals surface area contributed by atoms with Gasteiger partial charge in [0.05, 0.1) is 20.3 Å². The molecule has 18 heavy (non-hydrogen) atoms. The third-order valence-electron chi connectivity index (χ3n) is 2.55.